The molecule has 1 N–H and O–H groups in total. The van der Waals surface area contributed by atoms with E-state index in [0.717, 1.165) is 51.4 Å². The molecule has 0 heterocycles. The van der Waals surface area contributed by atoms with Gasteiger partial charge in [0.05, 0.1) is 0 Å². The van der Waals surface area contributed by atoms with Crippen molar-refractivity contribution in [2.75, 3.05) is 0 Å². The van der Waals surface area contributed by atoms with Gasteiger partial charge in [-0.2, -0.15) is 0 Å². The lowest BCUT2D eigenvalue weighted by Crippen LogP contribution is -1.93. The summed E-state index contributed by atoms with van der Waals surface area (Å²) >= 11 is 0. The first-order valence-corrected chi connectivity index (χ1v) is 8.75. The van der Waals surface area contributed by atoms with Crippen molar-refractivity contribution >= 4 is 5.97 Å². The highest BCUT2D eigenvalue weighted by Gasteiger charge is 1.97. The van der Waals surface area contributed by atoms with Crippen LogP contribution in [0.25, 0.3) is 0 Å². The van der Waals surface area contributed by atoms with Gasteiger partial charge in [0, 0.05) is 6.42 Å². The maximum atomic E-state index is 10.5. The number of rotatable bonds is 13. The highest BCUT2D eigenvalue weighted by Crippen LogP contribution is 2.13. The zero-order valence-electron chi connectivity index (χ0n) is 15.2. The van der Waals surface area contributed by atoms with Crippen molar-refractivity contribution in [2.45, 2.75) is 78.6 Å². The number of carbonyl (C=O) groups is 1. The molecule has 0 amide bonds. The van der Waals surface area contributed by atoms with E-state index in [-0.39, 0.29) is 6.42 Å². The third-order valence-corrected chi connectivity index (χ3v) is 3.89. The van der Waals surface area contributed by atoms with E-state index in [0.29, 0.717) is 0 Å². The summed E-state index contributed by atoms with van der Waals surface area (Å²) < 4.78 is 0. The molecule has 2 heteroatoms. The molecule has 0 unspecified atom stereocenters. The Kier molecular flexibility index (Phi) is 13.1. The maximum Gasteiger partial charge on any atom is 0.303 e. The lowest BCUT2D eigenvalue weighted by atomic mass is 10.0. The summed E-state index contributed by atoms with van der Waals surface area (Å²) in [7, 11) is 0. The van der Waals surface area contributed by atoms with Crippen LogP contribution in [0.5, 0.6) is 0 Å². The minimum absolute atomic E-state index is 0.268. The SMILES string of the molecule is C=CCC/C=C(\C)CC/C=C(\C)CC/C=C(\C)CCCC(=O)O. The van der Waals surface area contributed by atoms with Crippen molar-refractivity contribution in [3.63, 3.8) is 0 Å². The third-order valence-electron chi connectivity index (χ3n) is 3.89. The second kappa shape index (κ2) is 14.0. The number of unbranched alkanes of at least 4 members (excludes halogenated alkanes) is 1. The van der Waals surface area contributed by atoms with E-state index in [9.17, 15) is 4.79 Å². The van der Waals surface area contributed by atoms with E-state index in [1.165, 1.54) is 16.7 Å². The summed E-state index contributed by atoms with van der Waals surface area (Å²) in [5, 5.41) is 8.62. The first-order valence-electron chi connectivity index (χ1n) is 8.75. The average molecular weight is 319 g/mol. The molecule has 0 saturated heterocycles. The van der Waals surface area contributed by atoms with Gasteiger partial charge in [0.25, 0.3) is 0 Å². The Hall–Kier alpha value is -1.57. The number of carboxylic acid groups (broad SMARTS) is 1. The van der Waals surface area contributed by atoms with Crippen molar-refractivity contribution in [3.05, 3.63) is 47.6 Å². The van der Waals surface area contributed by atoms with Crippen LogP contribution in [-0.4, -0.2) is 11.1 Å². The number of hydrogen-bond donors (Lipinski definition) is 1. The highest BCUT2D eigenvalue weighted by atomic mass is 16.4. The number of hydrogen-bond acceptors (Lipinski definition) is 1. The molecule has 0 bridgehead atoms. The molecule has 0 rings (SSSR count). The Morgan fingerprint density at radius 1 is 0.783 bits per heavy atom. The Bertz CT molecular complexity index is 439. The van der Waals surface area contributed by atoms with Gasteiger partial charge in [-0.3, -0.25) is 4.79 Å². The van der Waals surface area contributed by atoms with Gasteiger partial charge in [0.1, 0.15) is 0 Å². The molecule has 0 saturated carbocycles. The molecule has 0 aliphatic heterocycles. The number of carboxylic acids is 1. The highest BCUT2D eigenvalue weighted by molar-refractivity contribution is 5.66. The Morgan fingerprint density at radius 2 is 1.26 bits per heavy atom. The van der Waals surface area contributed by atoms with Crippen LogP contribution < -0.4 is 0 Å². The first kappa shape index (κ1) is 21.4. The molecule has 0 aromatic rings. The van der Waals surface area contributed by atoms with Gasteiger partial charge < -0.3 is 5.11 Å². The predicted octanol–water partition coefficient (Wildman–Crippen LogP) is 6.61. The van der Waals surface area contributed by atoms with E-state index in [1.807, 2.05) is 6.08 Å². The molecule has 0 radical (unpaired) electrons. The summed E-state index contributed by atoms with van der Waals surface area (Å²) in [4.78, 5) is 10.5. The standard InChI is InChI=1S/C21H34O2/c1-5-6-7-11-18(2)12-8-13-19(3)14-9-15-20(4)16-10-17-21(22)23/h5,11,13,15H,1,6-10,12,14,16-17H2,2-4H3,(H,22,23)/b18-11+,19-13+,20-15+. The summed E-state index contributed by atoms with van der Waals surface area (Å²) in [6, 6.07) is 0. The molecule has 0 spiro atoms. The lowest BCUT2D eigenvalue weighted by Gasteiger charge is -2.03. The Morgan fingerprint density at radius 3 is 1.74 bits per heavy atom. The molecule has 0 aromatic carbocycles. The van der Waals surface area contributed by atoms with Crippen molar-refractivity contribution in [2.24, 2.45) is 0 Å². The van der Waals surface area contributed by atoms with Gasteiger partial charge in [-0.1, -0.05) is 41.0 Å². The van der Waals surface area contributed by atoms with E-state index >= 15 is 0 Å². The number of aliphatic carboxylic acids is 1. The monoisotopic (exact) mass is 318 g/mol. The largest absolute Gasteiger partial charge is 0.481 e. The van der Waals surface area contributed by atoms with Crippen molar-refractivity contribution < 1.29 is 9.90 Å². The van der Waals surface area contributed by atoms with E-state index in [1.54, 1.807) is 0 Å². The fraction of sp³-hybridized carbons (Fsp3) is 0.571. The summed E-state index contributed by atoms with van der Waals surface area (Å²) in [5.41, 5.74) is 4.21. The second-order valence-electron chi connectivity index (χ2n) is 6.34. The van der Waals surface area contributed by atoms with Crippen LogP contribution >= 0.6 is 0 Å². The van der Waals surface area contributed by atoms with E-state index in [4.69, 9.17) is 5.11 Å². The van der Waals surface area contributed by atoms with Gasteiger partial charge in [-0.25, -0.2) is 0 Å². The van der Waals surface area contributed by atoms with Crippen LogP contribution in [0.4, 0.5) is 0 Å². The molecule has 23 heavy (non-hydrogen) atoms. The van der Waals surface area contributed by atoms with Crippen molar-refractivity contribution in [1.82, 2.24) is 0 Å². The molecule has 0 aliphatic rings. The Balaban J connectivity index is 3.91. The molecule has 2 nitrogen and oxygen atoms in total. The first-order chi connectivity index (χ1) is 11.0. The maximum absolute atomic E-state index is 10.5. The van der Waals surface area contributed by atoms with Crippen molar-refractivity contribution in [3.8, 4) is 0 Å². The molecule has 0 atom stereocenters. The molecule has 0 aliphatic carbocycles. The van der Waals surface area contributed by atoms with Crippen LogP contribution in [0, 0.1) is 0 Å². The van der Waals surface area contributed by atoms with Crippen LogP contribution in [0.3, 0.4) is 0 Å². The fourth-order valence-electron chi connectivity index (χ4n) is 2.36. The van der Waals surface area contributed by atoms with Crippen LogP contribution in [0.2, 0.25) is 0 Å². The minimum atomic E-state index is -0.703. The molecule has 0 fully saturated rings. The van der Waals surface area contributed by atoms with Gasteiger partial charge in [0.15, 0.2) is 0 Å². The molecule has 0 aromatic heterocycles. The Labute approximate surface area is 142 Å². The zero-order valence-corrected chi connectivity index (χ0v) is 15.2. The van der Waals surface area contributed by atoms with Gasteiger partial charge in [0.2, 0.25) is 0 Å². The summed E-state index contributed by atoms with van der Waals surface area (Å²) in [5.74, 6) is -0.703. The predicted molar refractivity (Wildman–Crippen MR) is 101 cm³/mol. The number of allylic oxidation sites excluding steroid dienone is 7. The minimum Gasteiger partial charge on any atom is -0.481 e. The topological polar surface area (TPSA) is 37.3 Å². The van der Waals surface area contributed by atoms with E-state index in [2.05, 4.69) is 45.6 Å². The summed E-state index contributed by atoms with van der Waals surface area (Å²) in [6.07, 6.45) is 17.3. The molecule has 130 valence electrons. The second-order valence-corrected chi connectivity index (χ2v) is 6.34. The van der Waals surface area contributed by atoms with E-state index < -0.39 is 5.97 Å². The zero-order chi connectivity index (χ0) is 17.5. The lowest BCUT2D eigenvalue weighted by molar-refractivity contribution is -0.137. The van der Waals surface area contributed by atoms with Crippen LogP contribution in [-0.2, 0) is 4.79 Å². The van der Waals surface area contributed by atoms with Gasteiger partial charge >= 0.3 is 5.97 Å². The van der Waals surface area contributed by atoms with Crippen LogP contribution in [0.1, 0.15) is 78.6 Å². The normalized spacial score (nSPS) is 13.3. The average Bonchev–Trinajstić information content (AvgIpc) is 2.47. The smallest absolute Gasteiger partial charge is 0.303 e. The summed E-state index contributed by atoms with van der Waals surface area (Å²) in [6.45, 7) is 10.2. The fourth-order valence-corrected chi connectivity index (χ4v) is 2.36. The third kappa shape index (κ3) is 15.1. The van der Waals surface area contributed by atoms with Crippen LogP contribution in [0.15, 0.2) is 47.6 Å². The molecular formula is C21H34O2. The van der Waals surface area contributed by atoms with Gasteiger partial charge in [-0.15, -0.1) is 6.58 Å². The van der Waals surface area contributed by atoms with Crippen molar-refractivity contribution in [1.29, 1.82) is 0 Å². The van der Waals surface area contributed by atoms with Gasteiger partial charge in [-0.05, 0) is 72.1 Å². The molecular weight excluding hydrogens is 284 g/mol. The quantitative estimate of drug-likeness (QED) is 0.306.